The molecule has 3 heterocycles. The van der Waals surface area contributed by atoms with Crippen LogP contribution in [0.25, 0.3) is 83.6 Å². The van der Waals surface area contributed by atoms with Crippen LogP contribution in [0.3, 0.4) is 0 Å². The highest BCUT2D eigenvalue weighted by Crippen LogP contribution is 2.35. The number of para-hydroxylation sites is 1. The van der Waals surface area contributed by atoms with Gasteiger partial charge in [0.1, 0.15) is 22.3 Å². The summed E-state index contributed by atoms with van der Waals surface area (Å²) in [7, 11) is 0. The van der Waals surface area contributed by atoms with Crippen molar-refractivity contribution in [3.8, 4) is 34.2 Å². The van der Waals surface area contributed by atoms with E-state index in [4.69, 9.17) is 23.8 Å². The lowest BCUT2D eigenvalue weighted by atomic mass is 9.96. The Balaban J connectivity index is 1.20. The summed E-state index contributed by atoms with van der Waals surface area (Å²) >= 11 is 0. The molecule has 0 bridgehead atoms. The second kappa shape index (κ2) is 10.1. The Morgan fingerprint density at radius 2 is 1.09 bits per heavy atom. The predicted molar refractivity (Wildman–Crippen MR) is 182 cm³/mol. The number of hydrogen-bond donors (Lipinski definition) is 0. The molecule has 1 aliphatic rings. The van der Waals surface area contributed by atoms with Crippen molar-refractivity contribution in [3.63, 3.8) is 0 Å². The molecule has 1 aliphatic carbocycles. The van der Waals surface area contributed by atoms with Crippen LogP contribution in [0.15, 0.2) is 130 Å². The third kappa shape index (κ3) is 4.44. The van der Waals surface area contributed by atoms with Gasteiger partial charge in [0.05, 0.1) is 0 Å². The summed E-state index contributed by atoms with van der Waals surface area (Å²) in [6.07, 6.45) is 8.65. The van der Waals surface area contributed by atoms with Crippen LogP contribution in [-0.2, 0) is 0 Å². The smallest absolute Gasteiger partial charge is 0.164 e. The first-order valence-corrected chi connectivity index (χ1v) is 15.2. The van der Waals surface area contributed by atoms with E-state index in [1.807, 2.05) is 36.4 Å². The first kappa shape index (κ1) is 25.7. The third-order valence-electron chi connectivity index (χ3n) is 8.69. The Labute approximate surface area is 259 Å². The van der Waals surface area contributed by atoms with Crippen molar-refractivity contribution in [3.05, 3.63) is 132 Å². The summed E-state index contributed by atoms with van der Waals surface area (Å²) in [6, 6.07) is 35.2. The maximum atomic E-state index is 6.25. The fraction of sp³-hybridized carbons (Fsp3) is 0.0750. The number of fused-ring (bicyclic) bond motifs is 6. The molecule has 214 valence electrons. The number of hydrogen-bond acceptors (Lipinski definition) is 5. The molecule has 9 rings (SSSR count). The zero-order chi connectivity index (χ0) is 29.9. The van der Waals surface area contributed by atoms with Gasteiger partial charge in [-0.2, -0.15) is 0 Å². The van der Waals surface area contributed by atoms with Gasteiger partial charge in [0.25, 0.3) is 0 Å². The monoisotopic (exact) mass is 581 g/mol. The maximum absolute atomic E-state index is 6.25. The molecule has 5 aromatic carbocycles. The van der Waals surface area contributed by atoms with E-state index in [0.29, 0.717) is 17.5 Å². The summed E-state index contributed by atoms with van der Waals surface area (Å²) in [4.78, 5) is 15.0. The standard InChI is InChI=1S/C40H27N3O2/c1-24-11-20-35-33(21-24)32-19-17-29(23-37(32)45-35)40-42-38(27-14-12-26(13-15-27)25-7-3-2-4-8-25)41-39(43-40)28-16-18-31-30-9-5-6-10-34(30)44-36(31)22-28/h2-3,5-7,9-23H,4,8H2,1H3. The van der Waals surface area contributed by atoms with Crippen molar-refractivity contribution in [1.29, 1.82) is 0 Å². The van der Waals surface area contributed by atoms with Gasteiger partial charge in [0, 0.05) is 38.2 Å². The van der Waals surface area contributed by atoms with E-state index in [0.717, 1.165) is 73.4 Å². The number of aryl methyl sites for hydroxylation is 1. The number of furan rings is 2. The van der Waals surface area contributed by atoms with E-state index in [-0.39, 0.29) is 0 Å². The third-order valence-corrected chi connectivity index (χ3v) is 8.69. The molecule has 0 saturated carbocycles. The van der Waals surface area contributed by atoms with Gasteiger partial charge < -0.3 is 8.83 Å². The molecule has 3 aromatic heterocycles. The Morgan fingerprint density at radius 3 is 1.78 bits per heavy atom. The normalized spacial score (nSPS) is 13.3. The molecule has 45 heavy (non-hydrogen) atoms. The molecule has 0 aliphatic heterocycles. The molecule has 0 saturated heterocycles. The van der Waals surface area contributed by atoms with Crippen molar-refractivity contribution >= 4 is 49.5 Å². The zero-order valence-electron chi connectivity index (χ0n) is 24.6. The fourth-order valence-electron chi connectivity index (χ4n) is 6.33. The van der Waals surface area contributed by atoms with Crippen molar-refractivity contribution in [2.75, 3.05) is 0 Å². The highest BCUT2D eigenvalue weighted by atomic mass is 16.3. The second-order valence-electron chi connectivity index (χ2n) is 11.7. The van der Waals surface area contributed by atoms with E-state index >= 15 is 0 Å². The van der Waals surface area contributed by atoms with Crippen molar-refractivity contribution in [1.82, 2.24) is 15.0 Å². The van der Waals surface area contributed by atoms with Gasteiger partial charge in [0.15, 0.2) is 17.5 Å². The number of aromatic nitrogens is 3. The van der Waals surface area contributed by atoms with Crippen LogP contribution in [0.2, 0.25) is 0 Å². The van der Waals surface area contributed by atoms with Gasteiger partial charge in [0.2, 0.25) is 0 Å². The SMILES string of the molecule is Cc1ccc2oc3cc(-c4nc(-c5ccc(C6=CC=CCC6)cc5)nc(-c5ccc6c(c5)oc5ccccc56)n4)ccc3c2c1. The molecule has 0 unspecified atom stereocenters. The topological polar surface area (TPSA) is 65.0 Å². The summed E-state index contributed by atoms with van der Waals surface area (Å²) in [5.41, 5.74) is 9.76. The van der Waals surface area contributed by atoms with E-state index in [2.05, 4.69) is 91.9 Å². The molecule has 0 amide bonds. The van der Waals surface area contributed by atoms with Crippen LogP contribution >= 0.6 is 0 Å². The van der Waals surface area contributed by atoms with Gasteiger partial charge in [-0.25, -0.2) is 15.0 Å². The molecule has 5 nitrogen and oxygen atoms in total. The minimum atomic E-state index is 0.585. The molecule has 5 heteroatoms. The Kier molecular flexibility index (Phi) is 5.78. The lowest BCUT2D eigenvalue weighted by Crippen LogP contribution is -2.00. The molecular formula is C40H27N3O2. The molecule has 0 spiro atoms. The largest absolute Gasteiger partial charge is 0.456 e. The van der Waals surface area contributed by atoms with Gasteiger partial charge >= 0.3 is 0 Å². The number of rotatable bonds is 4. The van der Waals surface area contributed by atoms with E-state index < -0.39 is 0 Å². The molecule has 0 fully saturated rings. The lowest BCUT2D eigenvalue weighted by molar-refractivity contribution is 0.668. The zero-order valence-corrected chi connectivity index (χ0v) is 24.6. The van der Waals surface area contributed by atoms with Crippen LogP contribution in [0.4, 0.5) is 0 Å². The molecule has 0 atom stereocenters. The number of allylic oxidation sites excluding steroid dienone is 4. The summed E-state index contributed by atoms with van der Waals surface area (Å²) < 4.78 is 12.5. The van der Waals surface area contributed by atoms with Gasteiger partial charge in [-0.1, -0.05) is 84.5 Å². The van der Waals surface area contributed by atoms with Gasteiger partial charge in [-0.15, -0.1) is 0 Å². The van der Waals surface area contributed by atoms with Crippen LogP contribution in [0, 0.1) is 6.92 Å². The predicted octanol–water partition coefficient (Wildman–Crippen LogP) is 10.7. The number of nitrogens with zero attached hydrogens (tertiary/aromatic N) is 3. The Morgan fingerprint density at radius 1 is 0.511 bits per heavy atom. The first-order valence-electron chi connectivity index (χ1n) is 15.2. The quantitative estimate of drug-likeness (QED) is 0.207. The van der Waals surface area contributed by atoms with Crippen molar-refractivity contribution in [2.24, 2.45) is 0 Å². The highest BCUT2D eigenvalue weighted by Gasteiger charge is 2.16. The van der Waals surface area contributed by atoms with Gasteiger partial charge in [-0.05, 0) is 73.4 Å². The van der Waals surface area contributed by atoms with Crippen LogP contribution < -0.4 is 0 Å². The highest BCUT2D eigenvalue weighted by molar-refractivity contribution is 6.07. The summed E-state index contributed by atoms with van der Waals surface area (Å²) in [5, 5.41) is 4.34. The minimum absolute atomic E-state index is 0.585. The molecule has 8 aromatic rings. The maximum Gasteiger partial charge on any atom is 0.164 e. The number of benzene rings is 5. The minimum Gasteiger partial charge on any atom is -0.456 e. The Bertz CT molecular complexity index is 2500. The second-order valence-corrected chi connectivity index (χ2v) is 11.7. The summed E-state index contributed by atoms with van der Waals surface area (Å²) in [6.45, 7) is 2.10. The van der Waals surface area contributed by atoms with Crippen LogP contribution in [0.1, 0.15) is 24.0 Å². The Hall–Kier alpha value is -5.81. The van der Waals surface area contributed by atoms with Crippen molar-refractivity contribution < 1.29 is 8.83 Å². The van der Waals surface area contributed by atoms with Crippen LogP contribution in [-0.4, -0.2) is 15.0 Å². The molecule has 0 radical (unpaired) electrons. The van der Waals surface area contributed by atoms with E-state index in [1.165, 1.54) is 16.7 Å². The molecule has 0 N–H and O–H groups in total. The lowest BCUT2D eigenvalue weighted by Gasteiger charge is -2.11. The fourth-order valence-corrected chi connectivity index (χ4v) is 6.33. The van der Waals surface area contributed by atoms with E-state index in [9.17, 15) is 0 Å². The van der Waals surface area contributed by atoms with E-state index in [1.54, 1.807) is 0 Å². The van der Waals surface area contributed by atoms with Gasteiger partial charge in [-0.3, -0.25) is 0 Å². The van der Waals surface area contributed by atoms with Crippen molar-refractivity contribution in [2.45, 2.75) is 19.8 Å². The molecular weight excluding hydrogens is 554 g/mol. The van der Waals surface area contributed by atoms with Crippen LogP contribution in [0.5, 0.6) is 0 Å². The summed E-state index contributed by atoms with van der Waals surface area (Å²) in [5.74, 6) is 1.79. The first-order chi connectivity index (χ1) is 22.2. The average Bonchev–Trinajstić information content (AvgIpc) is 3.65. The average molecular weight is 582 g/mol.